The summed E-state index contributed by atoms with van der Waals surface area (Å²) in [6, 6.07) is 0. The molecule has 0 aromatic rings. The molecule has 0 saturated carbocycles. The van der Waals surface area contributed by atoms with E-state index >= 15 is 0 Å². The van der Waals surface area contributed by atoms with Crippen molar-refractivity contribution in [2.75, 3.05) is 0 Å². The van der Waals surface area contributed by atoms with E-state index in [0.29, 0.717) is 0 Å². The van der Waals surface area contributed by atoms with Gasteiger partial charge >= 0.3 is 0 Å². The van der Waals surface area contributed by atoms with Gasteiger partial charge in [0.15, 0.2) is 0 Å². The van der Waals surface area contributed by atoms with Gasteiger partial charge in [0.2, 0.25) is 0 Å². The summed E-state index contributed by atoms with van der Waals surface area (Å²) >= 11 is 0. The second-order valence-corrected chi connectivity index (χ2v) is 2.26. The van der Waals surface area contributed by atoms with Crippen LogP contribution in [0.5, 0.6) is 0 Å². The molecule has 1 N–H and O–H groups in total. The molecule has 1 aliphatic rings. The van der Waals surface area contributed by atoms with E-state index in [1.807, 2.05) is 6.20 Å². The van der Waals surface area contributed by atoms with Gasteiger partial charge in [-0.1, -0.05) is 25.5 Å². The molecule has 0 aromatic carbocycles. The number of hydrogen-bond donors (Lipinski definition) is 1. The summed E-state index contributed by atoms with van der Waals surface area (Å²) < 4.78 is 0. The van der Waals surface area contributed by atoms with E-state index in [9.17, 15) is 0 Å². The van der Waals surface area contributed by atoms with Gasteiger partial charge in [-0.3, -0.25) is 0 Å². The second kappa shape index (κ2) is 3.33. The fraction of sp³-hybridized carbons (Fsp3) is 0.500. The van der Waals surface area contributed by atoms with Crippen LogP contribution in [-0.2, 0) is 0 Å². The topological polar surface area (TPSA) is 12.0 Å². The minimum atomic E-state index is 1.10. The fourth-order valence-electron chi connectivity index (χ4n) is 0.947. The number of nitrogens with one attached hydrogen (secondary N) is 1. The van der Waals surface area contributed by atoms with Crippen molar-refractivity contribution >= 4 is 0 Å². The molecule has 0 saturated heterocycles. The van der Waals surface area contributed by atoms with Crippen LogP contribution in [0.3, 0.4) is 0 Å². The van der Waals surface area contributed by atoms with Gasteiger partial charge in [-0.2, -0.15) is 0 Å². The molecule has 0 aliphatic carbocycles. The highest BCUT2D eigenvalue weighted by molar-refractivity contribution is 5.10. The van der Waals surface area contributed by atoms with Crippen LogP contribution < -0.4 is 5.32 Å². The quantitative estimate of drug-likeness (QED) is 0.593. The van der Waals surface area contributed by atoms with Crippen LogP contribution in [0.4, 0.5) is 0 Å². The Balaban J connectivity index is 2.32. The van der Waals surface area contributed by atoms with Crippen LogP contribution >= 0.6 is 0 Å². The summed E-state index contributed by atoms with van der Waals surface area (Å²) in [5.74, 6) is 0. The lowest BCUT2D eigenvalue weighted by Crippen LogP contribution is -2.06. The second-order valence-electron chi connectivity index (χ2n) is 2.26. The minimum absolute atomic E-state index is 1.10. The Labute approximate surface area is 56.5 Å². The molecule has 0 atom stereocenters. The average molecular weight is 123 g/mol. The summed E-state index contributed by atoms with van der Waals surface area (Å²) in [4.78, 5) is 0. The van der Waals surface area contributed by atoms with E-state index in [0.717, 1.165) is 6.42 Å². The van der Waals surface area contributed by atoms with Crippen molar-refractivity contribution in [1.82, 2.24) is 5.32 Å². The monoisotopic (exact) mass is 123 g/mol. The van der Waals surface area contributed by atoms with E-state index in [4.69, 9.17) is 0 Å². The molecule has 0 spiro atoms. The van der Waals surface area contributed by atoms with Crippen molar-refractivity contribution < 1.29 is 0 Å². The first-order valence-electron chi connectivity index (χ1n) is 3.54. The lowest BCUT2D eigenvalue weighted by Gasteiger charge is -2.08. The zero-order valence-electron chi connectivity index (χ0n) is 5.85. The maximum absolute atomic E-state index is 3.20. The van der Waals surface area contributed by atoms with Crippen LogP contribution in [0, 0.1) is 0 Å². The number of dihydropyridines is 1. The van der Waals surface area contributed by atoms with Gasteiger partial charge in [0.1, 0.15) is 0 Å². The van der Waals surface area contributed by atoms with E-state index in [1.54, 1.807) is 0 Å². The Morgan fingerprint density at radius 1 is 1.67 bits per heavy atom. The number of hydrogen-bond acceptors (Lipinski definition) is 1. The third-order valence-electron chi connectivity index (χ3n) is 1.41. The molecule has 9 heavy (non-hydrogen) atoms. The molecule has 0 unspecified atom stereocenters. The molecule has 0 bridgehead atoms. The summed E-state index contributed by atoms with van der Waals surface area (Å²) in [5, 5.41) is 3.20. The Morgan fingerprint density at radius 3 is 3.11 bits per heavy atom. The van der Waals surface area contributed by atoms with Crippen molar-refractivity contribution in [3.05, 3.63) is 24.0 Å². The van der Waals surface area contributed by atoms with Crippen molar-refractivity contribution in [3.63, 3.8) is 0 Å². The Bertz CT molecular complexity index is 134. The van der Waals surface area contributed by atoms with Crippen molar-refractivity contribution in [1.29, 1.82) is 0 Å². The first-order chi connectivity index (χ1) is 4.43. The molecular weight excluding hydrogens is 110 g/mol. The van der Waals surface area contributed by atoms with Gasteiger partial charge in [0.05, 0.1) is 0 Å². The highest BCUT2D eigenvalue weighted by Gasteiger charge is 1.93. The molecule has 1 aliphatic heterocycles. The Morgan fingerprint density at radius 2 is 2.56 bits per heavy atom. The van der Waals surface area contributed by atoms with Gasteiger partial charge < -0.3 is 5.32 Å². The molecule has 0 radical (unpaired) electrons. The van der Waals surface area contributed by atoms with Crippen LogP contribution in [0.2, 0.25) is 0 Å². The molecule has 1 heterocycles. The SMILES string of the molecule is CCCC1=CCC=CN1. The molecule has 0 aromatic heterocycles. The summed E-state index contributed by atoms with van der Waals surface area (Å²) in [5.41, 5.74) is 1.38. The van der Waals surface area contributed by atoms with Crippen LogP contribution in [0.25, 0.3) is 0 Å². The summed E-state index contributed by atoms with van der Waals surface area (Å²) in [7, 11) is 0. The van der Waals surface area contributed by atoms with Gasteiger partial charge in [0.25, 0.3) is 0 Å². The third-order valence-corrected chi connectivity index (χ3v) is 1.41. The lowest BCUT2D eigenvalue weighted by molar-refractivity contribution is 0.821. The van der Waals surface area contributed by atoms with Crippen LogP contribution in [0.15, 0.2) is 24.0 Å². The van der Waals surface area contributed by atoms with Gasteiger partial charge in [-0.15, -0.1) is 0 Å². The maximum Gasteiger partial charge on any atom is 0.0109 e. The van der Waals surface area contributed by atoms with Crippen LogP contribution in [-0.4, -0.2) is 0 Å². The van der Waals surface area contributed by atoms with Gasteiger partial charge in [0, 0.05) is 5.70 Å². The zero-order valence-corrected chi connectivity index (χ0v) is 5.85. The predicted octanol–water partition coefficient (Wildman–Crippen LogP) is 2.18. The first-order valence-corrected chi connectivity index (χ1v) is 3.54. The van der Waals surface area contributed by atoms with Gasteiger partial charge in [-0.05, 0) is 19.0 Å². The largest absolute Gasteiger partial charge is 0.366 e. The molecule has 1 nitrogen and oxygen atoms in total. The van der Waals surface area contributed by atoms with Crippen molar-refractivity contribution in [2.45, 2.75) is 26.2 Å². The Hall–Kier alpha value is -0.720. The number of rotatable bonds is 2. The summed E-state index contributed by atoms with van der Waals surface area (Å²) in [6.07, 6.45) is 9.90. The lowest BCUT2D eigenvalue weighted by atomic mass is 10.2. The Kier molecular flexibility index (Phi) is 2.37. The van der Waals surface area contributed by atoms with E-state index in [1.165, 1.54) is 18.5 Å². The first kappa shape index (κ1) is 6.40. The molecule has 50 valence electrons. The average Bonchev–Trinajstić information content (AvgIpc) is 1.91. The highest BCUT2D eigenvalue weighted by atomic mass is 14.8. The fourth-order valence-corrected chi connectivity index (χ4v) is 0.947. The van der Waals surface area contributed by atoms with E-state index in [-0.39, 0.29) is 0 Å². The number of allylic oxidation sites excluding steroid dienone is 3. The van der Waals surface area contributed by atoms with Crippen molar-refractivity contribution in [2.24, 2.45) is 0 Å². The third kappa shape index (κ3) is 1.92. The smallest absolute Gasteiger partial charge is 0.0109 e. The van der Waals surface area contributed by atoms with E-state index < -0.39 is 0 Å². The maximum atomic E-state index is 3.20. The molecule has 0 amide bonds. The molecule has 1 heteroatoms. The molecular formula is C8H13N. The minimum Gasteiger partial charge on any atom is -0.366 e. The van der Waals surface area contributed by atoms with Crippen LogP contribution in [0.1, 0.15) is 26.2 Å². The van der Waals surface area contributed by atoms with Gasteiger partial charge in [-0.25, -0.2) is 0 Å². The highest BCUT2D eigenvalue weighted by Crippen LogP contribution is 2.05. The van der Waals surface area contributed by atoms with E-state index in [2.05, 4.69) is 24.4 Å². The molecule has 0 fully saturated rings. The molecule has 1 rings (SSSR count). The normalized spacial score (nSPS) is 16.8. The zero-order chi connectivity index (χ0) is 6.53. The van der Waals surface area contributed by atoms with Crippen molar-refractivity contribution in [3.8, 4) is 0 Å². The standard InChI is InChI=1S/C8H13N/c1-2-5-8-6-3-4-7-9-8/h4,6-7,9H,2-3,5H2,1H3. The predicted molar refractivity (Wildman–Crippen MR) is 39.9 cm³/mol. The summed E-state index contributed by atoms with van der Waals surface area (Å²) in [6.45, 7) is 2.20.